The van der Waals surface area contributed by atoms with Crippen molar-refractivity contribution in [1.29, 1.82) is 0 Å². The summed E-state index contributed by atoms with van der Waals surface area (Å²) in [7, 11) is 1.49. The first-order chi connectivity index (χ1) is 21.1. The lowest BCUT2D eigenvalue weighted by atomic mass is 9.54. The Bertz CT molecular complexity index is 1500. The molecule has 7 rings (SSSR count). The maximum atomic E-state index is 13.5. The molecule has 1 saturated carbocycles. The lowest BCUT2D eigenvalue weighted by molar-refractivity contribution is -0.137. The molecule has 0 amide bonds. The Morgan fingerprint density at radius 1 is 1.02 bits per heavy atom. The number of esters is 1. The van der Waals surface area contributed by atoms with Crippen LogP contribution in [0.3, 0.4) is 0 Å². The molecule has 3 aromatic rings. The summed E-state index contributed by atoms with van der Waals surface area (Å²) in [6, 6.07) is 19.5. The molecule has 0 unspecified atom stereocenters. The Hall–Kier alpha value is -3.91. The lowest BCUT2D eigenvalue weighted by Crippen LogP contribution is -2.62. The third-order valence-electron chi connectivity index (χ3n) is 10.5. The van der Waals surface area contributed by atoms with E-state index in [0.29, 0.717) is 18.9 Å². The fraction of sp³-hybridized carbons (Fsp3) is 0.457. The van der Waals surface area contributed by atoms with Crippen molar-refractivity contribution >= 4 is 17.7 Å². The van der Waals surface area contributed by atoms with Crippen LogP contribution in [0.15, 0.2) is 84.6 Å². The summed E-state index contributed by atoms with van der Waals surface area (Å²) >= 11 is 0. The highest BCUT2D eigenvalue weighted by atomic mass is 16.5. The average Bonchev–Trinajstić information content (AvgIpc) is 3.70. The Kier molecular flexibility index (Phi) is 7.55. The number of methoxy groups -OCH3 is 1. The molecule has 3 heterocycles. The Labute approximate surface area is 253 Å². The van der Waals surface area contributed by atoms with Gasteiger partial charge in [-0.1, -0.05) is 61.4 Å². The molecule has 0 bridgehead atoms. The van der Waals surface area contributed by atoms with E-state index in [0.717, 1.165) is 68.6 Å². The third-order valence-corrected chi connectivity index (χ3v) is 10.5. The number of hydrogen-bond acceptors (Lipinski definition) is 7. The number of nitrogens with zero attached hydrogens (tertiary/aromatic N) is 3. The van der Waals surface area contributed by atoms with E-state index >= 15 is 0 Å². The van der Waals surface area contributed by atoms with Gasteiger partial charge in [-0.05, 0) is 73.6 Å². The molecule has 2 aromatic carbocycles. The number of aromatic nitrogens is 2. The number of likely N-dealkylation sites (tertiary alicyclic amines) is 1. The third kappa shape index (κ3) is 4.85. The molecular weight excluding hydrogens is 540 g/mol. The number of fused-ring (bicyclic) bond motifs is 1. The quantitative estimate of drug-likeness (QED) is 0.350. The molecule has 2 aliphatic heterocycles. The van der Waals surface area contributed by atoms with E-state index in [4.69, 9.17) is 9.47 Å². The van der Waals surface area contributed by atoms with Crippen molar-refractivity contribution in [3.05, 3.63) is 95.7 Å². The van der Waals surface area contributed by atoms with Gasteiger partial charge in [0.2, 0.25) is 0 Å². The van der Waals surface area contributed by atoms with Crippen molar-refractivity contribution in [3.8, 4) is 0 Å². The van der Waals surface area contributed by atoms with Crippen LogP contribution in [0.5, 0.6) is 0 Å². The van der Waals surface area contributed by atoms with E-state index in [2.05, 4.69) is 69.8 Å². The average molecular weight is 581 g/mol. The van der Waals surface area contributed by atoms with E-state index in [-0.39, 0.29) is 29.3 Å². The molecule has 2 fully saturated rings. The van der Waals surface area contributed by atoms with Gasteiger partial charge in [0.15, 0.2) is 0 Å². The minimum Gasteiger partial charge on any atom is -0.466 e. The summed E-state index contributed by atoms with van der Waals surface area (Å²) in [4.78, 5) is 33.0. The van der Waals surface area contributed by atoms with E-state index in [1.165, 1.54) is 29.1 Å². The summed E-state index contributed by atoms with van der Waals surface area (Å²) in [5.74, 6) is 0.481. The zero-order valence-corrected chi connectivity index (χ0v) is 24.8. The number of nitrogens with one attached hydrogen (secondary N) is 1. The highest BCUT2D eigenvalue weighted by Crippen LogP contribution is 2.60. The van der Waals surface area contributed by atoms with Gasteiger partial charge in [0.25, 0.3) is 0 Å². The molecule has 1 saturated heterocycles. The minimum atomic E-state index is -0.392. The maximum absolute atomic E-state index is 13.5. The predicted octanol–water partition coefficient (Wildman–Crippen LogP) is 6.15. The summed E-state index contributed by atoms with van der Waals surface area (Å²) in [5, 5.41) is 3.74. The van der Waals surface area contributed by atoms with Crippen LogP contribution in [0.2, 0.25) is 0 Å². The molecule has 4 aliphatic rings. The molecule has 2 aliphatic carbocycles. The second-order valence-corrected chi connectivity index (χ2v) is 12.6. The van der Waals surface area contributed by atoms with Crippen LogP contribution in [0.25, 0.3) is 0 Å². The largest absolute Gasteiger partial charge is 0.466 e. The summed E-state index contributed by atoms with van der Waals surface area (Å²) in [5.41, 5.74) is 5.18. The van der Waals surface area contributed by atoms with Gasteiger partial charge < -0.3 is 14.8 Å². The summed E-state index contributed by atoms with van der Waals surface area (Å²) in [6.07, 6.45) is 11.3. The van der Waals surface area contributed by atoms with Crippen molar-refractivity contribution in [3.63, 3.8) is 0 Å². The van der Waals surface area contributed by atoms with E-state index < -0.39 is 6.09 Å². The van der Waals surface area contributed by atoms with E-state index in [1.807, 2.05) is 0 Å². The van der Waals surface area contributed by atoms with Crippen LogP contribution in [0.1, 0.15) is 56.1 Å². The van der Waals surface area contributed by atoms with Crippen molar-refractivity contribution in [1.82, 2.24) is 14.5 Å². The van der Waals surface area contributed by atoms with Crippen LogP contribution in [-0.2, 0) is 26.2 Å². The SMILES string of the molecule is COC(=O)C1=C2Nc3ccccc3[C@]23CCCN(Cc2ccccc2)[C@@H]3[C@@H]([C@H]2CCCC[C@H]2COC(=O)n2ccnc2)C1. The first kappa shape index (κ1) is 27.9. The highest BCUT2D eigenvalue weighted by Gasteiger charge is 2.60. The molecular formula is C35H40N4O4. The normalized spacial score (nSPS) is 28.3. The molecule has 8 heteroatoms. The van der Waals surface area contributed by atoms with Gasteiger partial charge in [0.05, 0.1) is 24.7 Å². The Balaban J connectivity index is 1.31. The molecule has 0 radical (unpaired) electrons. The molecule has 5 atom stereocenters. The zero-order valence-electron chi connectivity index (χ0n) is 24.8. The van der Waals surface area contributed by atoms with Crippen LogP contribution >= 0.6 is 0 Å². The number of ether oxygens (including phenoxy) is 2. The smallest absolute Gasteiger partial charge is 0.419 e. The van der Waals surface area contributed by atoms with Crippen LogP contribution in [-0.4, -0.2) is 52.8 Å². The standard InChI is InChI=1S/C35H40N4O4/c1-42-33(40)28-20-27(26-13-6-5-12-25(26)22-43-34(41)39-19-17-36-23-39)32-35(29-14-7-8-15-30(29)37-31(28)35)16-9-18-38(32)21-24-10-3-2-4-11-24/h2-4,7-8,10-11,14-15,17,19,23,25-27,32,37H,5-6,9,12-13,16,18,20-22H2,1H3/t25-,26-,27+,32+,35+/m0/s1. The number of benzene rings is 2. The van der Waals surface area contributed by atoms with Gasteiger partial charge in [-0.3, -0.25) is 4.90 Å². The first-order valence-electron chi connectivity index (χ1n) is 15.7. The maximum Gasteiger partial charge on any atom is 0.419 e. The topological polar surface area (TPSA) is 85.7 Å². The Morgan fingerprint density at radius 2 is 1.84 bits per heavy atom. The molecule has 1 spiro atoms. The fourth-order valence-corrected chi connectivity index (χ4v) is 8.84. The van der Waals surface area contributed by atoms with Gasteiger partial charge in [0, 0.05) is 36.4 Å². The second-order valence-electron chi connectivity index (χ2n) is 12.6. The molecule has 1 aromatic heterocycles. The molecule has 224 valence electrons. The number of carbonyl (C=O) groups excluding carboxylic acids is 2. The molecule has 43 heavy (non-hydrogen) atoms. The number of rotatable bonds is 6. The number of para-hydroxylation sites is 1. The van der Waals surface area contributed by atoms with Crippen molar-refractivity contribution in [2.75, 3.05) is 25.6 Å². The molecule has 8 nitrogen and oxygen atoms in total. The highest BCUT2D eigenvalue weighted by molar-refractivity contribution is 5.92. The second kappa shape index (κ2) is 11.6. The Morgan fingerprint density at radius 3 is 2.65 bits per heavy atom. The lowest BCUT2D eigenvalue weighted by Gasteiger charge is -2.57. The van der Waals surface area contributed by atoms with Gasteiger partial charge >= 0.3 is 12.1 Å². The van der Waals surface area contributed by atoms with Crippen molar-refractivity contribution < 1.29 is 19.1 Å². The van der Waals surface area contributed by atoms with Crippen LogP contribution in [0.4, 0.5) is 10.5 Å². The van der Waals surface area contributed by atoms with Crippen LogP contribution < -0.4 is 5.32 Å². The minimum absolute atomic E-state index is 0.191. The van der Waals surface area contributed by atoms with Crippen molar-refractivity contribution in [2.45, 2.75) is 62.9 Å². The number of carbonyl (C=O) groups is 2. The zero-order chi connectivity index (χ0) is 29.4. The predicted molar refractivity (Wildman–Crippen MR) is 163 cm³/mol. The summed E-state index contributed by atoms with van der Waals surface area (Å²) in [6.45, 7) is 2.24. The van der Waals surface area contributed by atoms with Crippen LogP contribution in [0, 0.1) is 17.8 Å². The van der Waals surface area contributed by atoms with E-state index in [9.17, 15) is 9.59 Å². The summed E-state index contributed by atoms with van der Waals surface area (Å²) < 4.78 is 12.7. The van der Waals surface area contributed by atoms with Gasteiger partial charge in [-0.25, -0.2) is 19.1 Å². The first-order valence-corrected chi connectivity index (χ1v) is 15.7. The number of anilines is 1. The van der Waals surface area contributed by atoms with E-state index in [1.54, 1.807) is 12.4 Å². The van der Waals surface area contributed by atoms with Gasteiger partial charge in [-0.2, -0.15) is 0 Å². The van der Waals surface area contributed by atoms with Gasteiger partial charge in [0.1, 0.15) is 6.33 Å². The fourth-order valence-electron chi connectivity index (χ4n) is 8.84. The number of imidazole rings is 1. The number of piperidine rings is 1. The van der Waals surface area contributed by atoms with Gasteiger partial charge in [-0.15, -0.1) is 0 Å². The van der Waals surface area contributed by atoms with Crippen molar-refractivity contribution in [2.24, 2.45) is 17.8 Å². The monoisotopic (exact) mass is 580 g/mol. The molecule has 1 N–H and O–H groups in total. The number of hydrogen-bond donors (Lipinski definition) is 1.